The van der Waals surface area contributed by atoms with Crippen LogP contribution in [0.4, 0.5) is 0 Å². The van der Waals surface area contributed by atoms with E-state index in [0.717, 1.165) is 19.6 Å². The van der Waals surface area contributed by atoms with E-state index in [0.29, 0.717) is 6.42 Å². The minimum absolute atomic E-state index is 0.637. The standard InChI is InChI=1S/C17H37NO2/c1-2-3-4-5-6-7-8-9-10-11-12-15-20-16-13-14-17(18)19/h17,19H,2-16,18H2,1H3. The van der Waals surface area contributed by atoms with Crippen LogP contribution in [0, 0.1) is 0 Å². The van der Waals surface area contributed by atoms with E-state index in [4.69, 9.17) is 15.6 Å². The van der Waals surface area contributed by atoms with Gasteiger partial charge in [-0.25, -0.2) is 0 Å². The summed E-state index contributed by atoms with van der Waals surface area (Å²) in [6, 6.07) is 0. The number of hydrogen-bond acceptors (Lipinski definition) is 3. The molecule has 0 aromatic rings. The summed E-state index contributed by atoms with van der Waals surface area (Å²) in [7, 11) is 0. The van der Waals surface area contributed by atoms with Gasteiger partial charge in [0.15, 0.2) is 0 Å². The second-order valence-electron chi connectivity index (χ2n) is 5.86. The molecule has 122 valence electrons. The van der Waals surface area contributed by atoms with E-state index >= 15 is 0 Å². The molecule has 1 unspecified atom stereocenters. The number of hydrogen-bond donors (Lipinski definition) is 2. The Balaban J connectivity index is 2.92. The summed E-state index contributed by atoms with van der Waals surface area (Å²) in [5.41, 5.74) is 5.25. The molecule has 0 heterocycles. The third-order valence-electron chi connectivity index (χ3n) is 3.68. The Bertz CT molecular complexity index is 174. The molecule has 0 aliphatic rings. The molecule has 0 aliphatic carbocycles. The van der Waals surface area contributed by atoms with Gasteiger partial charge in [0, 0.05) is 13.2 Å². The van der Waals surface area contributed by atoms with Crippen LogP contribution in [-0.2, 0) is 4.74 Å². The molecule has 20 heavy (non-hydrogen) atoms. The van der Waals surface area contributed by atoms with Gasteiger partial charge >= 0.3 is 0 Å². The van der Waals surface area contributed by atoms with Crippen LogP contribution in [0.15, 0.2) is 0 Å². The Hall–Kier alpha value is -0.120. The zero-order chi connectivity index (χ0) is 14.9. The van der Waals surface area contributed by atoms with Crippen molar-refractivity contribution in [3.63, 3.8) is 0 Å². The summed E-state index contributed by atoms with van der Waals surface area (Å²) < 4.78 is 5.50. The van der Waals surface area contributed by atoms with Crippen molar-refractivity contribution >= 4 is 0 Å². The molecule has 0 aliphatic heterocycles. The van der Waals surface area contributed by atoms with Crippen molar-refractivity contribution in [3.05, 3.63) is 0 Å². The first-order valence-electron chi connectivity index (χ1n) is 8.78. The zero-order valence-electron chi connectivity index (χ0n) is 13.6. The van der Waals surface area contributed by atoms with E-state index in [1.165, 1.54) is 70.6 Å². The van der Waals surface area contributed by atoms with Crippen molar-refractivity contribution < 1.29 is 9.84 Å². The van der Waals surface area contributed by atoms with Crippen LogP contribution >= 0.6 is 0 Å². The first-order chi connectivity index (χ1) is 9.77. The number of ether oxygens (including phenoxy) is 1. The molecule has 0 amide bonds. The molecule has 0 fully saturated rings. The Morgan fingerprint density at radius 3 is 1.70 bits per heavy atom. The van der Waals surface area contributed by atoms with Gasteiger partial charge in [-0.1, -0.05) is 71.1 Å². The van der Waals surface area contributed by atoms with Gasteiger partial charge in [0.25, 0.3) is 0 Å². The van der Waals surface area contributed by atoms with Gasteiger partial charge in [-0.3, -0.25) is 0 Å². The lowest BCUT2D eigenvalue weighted by Gasteiger charge is -2.06. The van der Waals surface area contributed by atoms with Gasteiger partial charge in [-0.2, -0.15) is 0 Å². The van der Waals surface area contributed by atoms with Gasteiger partial charge in [-0.05, 0) is 19.3 Å². The van der Waals surface area contributed by atoms with Crippen molar-refractivity contribution in [2.75, 3.05) is 13.2 Å². The zero-order valence-corrected chi connectivity index (χ0v) is 13.6. The third-order valence-corrected chi connectivity index (χ3v) is 3.68. The predicted molar refractivity (Wildman–Crippen MR) is 86.7 cm³/mol. The summed E-state index contributed by atoms with van der Waals surface area (Å²) in [4.78, 5) is 0. The van der Waals surface area contributed by atoms with Crippen LogP contribution in [0.2, 0.25) is 0 Å². The van der Waals surface area contributed by atoms with E-state index in [2.05, 4.69) is 6.92 Å². The highest BCUT2D eigenvalue weighted by Gasteiger charge is 1.96. The Kier molecular flexibility index (Phi) is 16.8. The molecular weight excluding hydrogens is 250 g/mol. The molecule has 0 bridgehead atoms. The minimum atomic E-state index is -0.680. The topological polar surface area (TPSA) is 55.5 Å². The molecule has 0 aromatic carbocycles. The third kappa shape index (κ3) is 17.9. The van der Waals surface area contributed by atoms with Crippen LogP contribution in [0.5, 0.6) is 0 Å². The SMILES string of the molecule is CCCCCCCCCCCCCOCCCC(N)O. The average Bonchev–Trinajstić information content (AvgIpc) is 2.43. The van der Waals surface area contributed by atoms with E-state index in [1.54, 1.807) is 0 Å². The van der Waals surface area contributed by atoms with Gasteiger partial charge in [-0.15, -0.1) is 0 Å². The van der Waals surface area contributed by atoms with E-state index in [9.17, 15) is 0 Å². The van der Waals surface area contributed by atoms with Gasteiger partial charge in [0.1, 0.15) is 6.23 Å². The van der Waals surface area contributed by atoms with E-state index in [1.807, 2.05) is 0 Å². The minimum Gasteiger partial charge on any atom is -0.381 e. The Morgan fingerprint density at radius 2 is 1.20 bits per heavy atom. The fourth-order valence-electron chi connectivity index (χ4n) is 2.36. The first kappa shape index (κ1) is 19.9. The second kappa shape index (κ2) is 16.9. The monoisotopic (exact) mass is 287 g/mol. The maximum atomic E-state index is 8.88. The number of nitrogens with two attached hydrogens (primary N) is 1. The van der Waals surface area contributed by atoms with Crippen molar-refractivity contribution in [1.29, 1.82) is 0 Å². The summed E-state index contributed by atoms with van der Waals surface area (Å²) >= 11 is 0. The van der Waals surface area contributed by atoms with Crippen LogP contribution in [0.25, 0.3) is 0 Å². The number of unbranched alkanes of at least 4 members (excludes halogenated alkanes) is 10. The molecule has 0 radical (unpaired) electrons. The van der Waals surface area contributed by atoms with E-state index < -0.39 is 6.23 Å². The molecule has 0 aromatic heterocycles. The van der Waals surface area contributed by atoms with Crippen LogP contribution < -0.4 is 5.73 Å². The van der Waals surface area contributed by atoms with E-state index in [-0.39, 0.29) is 0 Å². The lowest BCUT2D eigenvalue weighted by atomic mass is 10.1. The smallest absolute Gasteiger partial charge is 0.102 e. The summed E-state index contributed by atoms with van der Waals surface area (Å²) in [6.07, 6.45) is 15.9. The van der Waals surface area contributed by atoms with Crippen molar-refractivity contribution in [2.24, 2.45) is 5.73 Å². The van der Waals surface area contributed by atoms with Crippen LogP contribution in [0.1, 0.15) is 90.4 Å². The molecule has 3 N–H and O–H groups in total. The highest BCUT2D eigenvalue weighted by molar-refractivity contribution is 4.48. The fraction of sp³-hybridized carbons (Fsp3) is 1.00. The number of rotatable bonds is 16. The number of aliphatic hydroxyl groups is 1. The molecule has 3 nitrogen and oxygen atoms in total. The summed E-state index contributed by atoms with van der Waals surface area (Å²) in [5, 5.41) is 8.88. The second-order valence-corrected chi connectivity index (χ2v) is 5.86. The molecule has 0 saturated heterocycles. The molecule has 3 heteroatoms. The van der Waals surface area contributed by atoms with Gasteiger partial charge in [0.2, 0.25) is 0 Å². The lowest BCUT2D eigenvalue weighted by Crippen LogP contribution is -2.18. The Labute approximate surface area is 126 Å². The largest absolute Gasteiger partial charge is 0.381 e. The quantitative estimate of drug-likeness (QED) is 0.327. The highest BCUT2D eigenvalue weighted by atomic mass is 16.5. The van der Waals surface area contributed by atoms with Crippen molar-refractivity contribution in [2.45, 2.75) is 96.6 Å². The Morgan fingerprint density at radius 1 is 0.750 bits per heavy atom. The normalized spacial score (nSPS) is 12.8. The van der Waals surface area contributed by atoms with Crippen molar-refractivity contribution in [3.8, 4) is 0 Å². The molecular formula is C17H37NO2. The maximum absolute atomic E-state index is 8.88. The maximum Gasteiger partial charge on any atom is 0.102 e. The van der Waals surface area contributed by atoms with Crippen molar-refractivity contribution in [1.82, 2.24) is 0 Å². The highest BCUT2D eigenvalue weighted by Crippen LogP contribution is 2.11. The molecule has 0 rings (SSSR count). The molecule has 0 spiro atoms. The first-order valence-corrected chi connectivity index (χ1v) is 8.78. The van der Waals surface area contributed by atoms with Gasteiger partial charge < -0.3 is 15.6 Å². The lowest BCUT2D eigenvalue weighted by molar-refractivity contribution is 0.106. The molecule has 1 atom stereocenters. The van der Waals surface area contributed by atoms with Crippen LogP contribution in [-0.4, -0.2) is 24.5 Å². The predicted octanol–water partition coefficient (Wildman–Crippen LogP) is 4.37. The number of aliphatic hydroxyl groups excluding tert-OH is 1. The molecule has 0 saturated carbocycles. The fourth-order valence-corrected chi connectivity index (χ4v) is 2.36. The average molecular weight is 287 g/mol. The summed E-state index contributed by atoms with van der Waals surface area (Å²) in [5.74, 6) is 0. The van der Waals surface area contributed by atoms with Crippen LogP contribution in [0.3, 0.4) is 0 Å². The summed E-state index contributed by atoms with van der Waals surface area (Å²) in [6.45, 7) is 3.86. The van der Waals surface area contributed by atoms with Gasteiger partial charge in [0.05, 0.1) is 0 Å².